The minimum atomic E-state index is -1.23. The van der Waals surface area contributed by atoms with E-state index in [2.05, 4.69) is 24.9 Å². The summed E-state index contributed by atoms with van der Waals surface area (Å²) in [5.41, 5.74) is 22.7. The topological polar surface area (TPSA) is 279 Å². The molecule has 20 nitrogen and oxygen atoms in total. The van der Waals surface area contributed by atoms with Crippen LogP contribution < -0.4 is 26.7 Å². The van der Waals surface area contributed by atoms with E-state index in [1.807, 2.05) is 132 Å². The van der Waals surface area contributed by atoms with Gasteiger partial charge in [-0.3, -0.25) is 38.9 Å². The number of likely N-dealkylation sites (tertiary alicyclic amines) is 1. The molecule has 2 fully saturated rings. The molecule has 86 heavy (non-hydrogen) atoms. The third-order valence-corrected chi connectivity index (χ3v) is 16.7. The van der Waals surface area contributed by atoms with Gasteiger partial charge in [-0.1, -0.05) is 120 Å². The summed E-state index contributed by atoms with van der Waals surface area (Å²) < 4.78 is 5.90. The van der Waals surface area contributed by atoms with Gasteiger partial charge in [0.1, 0.15) is 5.15 Å². The van der Waals surface area contributed by atoms with Crippen LogP contribution in [0.1, 0.15) is 61.8 Å². The summed E-state index contributed by atoms with van der Waals surface area (Å²) in [5.74, 6) is 0.980. The number of ether oxygens (including phenoxy) is 1. The third kappa shape index (κ3) is 11.8. The molecule has 7 N–H and O–H groups in total. The molecule has 0 bridgehead atoms. The number of pyridine rings is 1. The van der Waals surface area contributed by atoms with Crippen molar-refractivity contribution in [2.75, 3.05) is 46.9 Å². The molecule has 1 aliphatic carbocycles. The number of aliphatic imine (C=N–C) groups is 3. The third-order valence-electron chi connectivity index (χ3n) is 16.3. The predicted molar refractivity (Wildman–Crippen MR) is 329 cm³/mol. The lowest BCUT2D eigenvalue weighted by atomic mass is 9.82. The van der Waals surface area contributed by atoms with Gasteiger partial charge in [0.2, 0.25) is 12.1 Å². The van der Waals surface area contributed by atoms with E-state index in [-0.39, 0.29) is 66.5 Å². The van der Waals surface area contributed by atoms with Crippen molar-refractivity contribution in [1.82, 2.24) is 29.6 Å². The maximum absolute atomic E-state index is 13.5. The van der Waals surface area contributed by atoms with Gasteiger partial charge in [0, 0.05) is 50.3 Å². The molecule has 1 saturated heterocycles. The summed E-state index contributed by atoms with van der Waals surface area (Å²) in [6, 6.07) is 41.5. The van der Waals surface area contributed by atoms with Gasteiger partial charge in [-0.15, -0.1) is 0 Å². The van der Waals surface area contributed by atoms with Gasteiger partial charge in [0.25, 0.3) is 17.7 Å². The highest BCUT2D eigenvalue weighted by Gasteiger charge is 2.58. The van der Waals surface area contributed by atoms with Gasteiger partial charge in [0.15, 0.2) is 46.4 Å². The number of rotatable bonds is 13. The Hall–Kier alpha value is -9.24. The highest BCUT2D eigenvalue weighted by atomic mass is 35.5. The predicted octanol–water partition coefficient (Wildman–Crippen LogP) is 7.22. The van der Waals surface area contributed by atoms with Crippen LogP contribution in [0.3, 0.4) is 0 Å². The van der Waals surface area contributed by atoms with Crippen molar-refractivity contribution in [3.8, 4) is 39.3 Å². The van der Waals surface area contributed by atoms with Crippen molar-refractivity contribution in [3.63, 3.8) is 0 Å². The first kappa shape index (κ1) is 59.9. The zero-order valence-corrected chi connectivity index (χ0v) is 49.4. The number of methoxy groups -OCH3 is 1. The van der Waals surface area contributed by atoms with Crippen LogP contribution in [0.15, 0.2) is 173 Å². The minimum absolute atomic E-state index is 0.0813. The number of benzene rings is 5. The number of amides is 4. The lowest BCUT2D eigenvalue weighted by Crippen LogP contribution is -2.46. The number of hydrogen-bond acceptors (Lipinski definition) is 15. The number of piperidine rings is 1. The Morgan fingerprint density at radius 3 is 1.92 bits per heavy atom. The summed E-state index contributed by atoms with van der Waals surface area (Å²) in [7, 11) is 3.13. The first-order chi connectivity index (χ1) is 41.3. The Labute approximate surface area is 507 Å². The van der Waals surface area contributed by atoms with E-state index in [1.165, 1.54) is 35.5 Å². The quantitative estimate of drug-likeness (QED) is 0.0658. The SMILES string of the molecule is CN1C(=O)C(c2ccccc2)(c2cccc(-c3cncc(Cl)n3)c2)N=C1N.COc1cc(-c2cccc(C3(C)N=C(N)N(CC4CCN(C(C)=O)CC4)C3=O)c2)c[n+]([O-])c1.NC1=NC(c2cccc(-c3cccc(Cl)c3)c2)(C2CC2)C(=O)N1CCO. The molecule has 0 spiro atoms. The molecule has 4 amide bonds. The lowest BCUT2D eigenvalue weighted by molar-refractivity contribution is -0.605. The maximum atomic E-state index is 13.5. The van der Waals surface area contributed by atoms with Crippen LogP contribution in [0.4, 0.5) is 0 Å². The van der Waals surface area contributed by atoms with Gasteiger partial charge in [-0.25, -0.2) is 20.0 Å². The number of carbonyl (C=O) groups excluding carboxylic acids is 4. The average molecular weight is 1200 g/mol. The fraction of sp³-hybridized carbons (Fsp3) is 0.281. The van der Waals surface area contributed by atoms with Gasteiger partial charge in [-0.2, -0.15) is 4.73 Å². The van der Waals surface area contributed by atoms with Crippen molar-refractivity contribution in [3.05, 3.63) is 196 Å². The van der Waals surface area contributed by atoms with E-state index in [9.17, 15) is 29.5 Å². The average Bonchev–Trinajstić information content (AvgIpc) is 1.62. The van der Waals surface area contributed by atoms with E-state index in [0.717, 1.165) is 59.1 Å². The molecule has 22 heteroatoms. The molecule has 3 atom stereocenters. The molecule has 5 aromatic carbocycles. The Kier molecular flexibility index (Phi) is 17.2. The van der Waals surface area contributed by atoms with E-state index in [0.29, 0.717) is 62.7 Å². The lowest BCUT2D eigenvalue weighted by Gasteiger charge is -2.33. The normalized spacial score (nSPS) is 21.1. The molecule has 12 rings (SSSR count). The molecular weight excluding hydrogens is 1130 g/mol. The highest BCUT2D eigenvalue weighted by molar-refractivity contribution is 6.31. The van der Waals surface area contributed by atoms with Crippen LogP contribution >= 0.6 is 23.2 Å². The molecule has 6 heterocycles. The smallest absolute Gasteiger partial charge is 0.266 e. The van der Waals surface area contributed by atoms with E-state index < -0.39 is 16.6 Å². The number of nitrogens with zero attached hydrogens (tertiary/aromatic N) is 10. The van der Waals surface area contributed by atoms with Crippen LogP contribution in [0.25, 0.3) is 33.5 Å². The molecule has 442 valence electrons. The van der Waals surface area contributed by atoms with Crippen molar-refractivity contribution in [2.24, 2.45) is 44.0 Å². The first-order valence-corrected chi connectivity index (χ1v) is 28.8. The molecule has 2 aromatic heterocycles. The summed E-state index contributed by atoms with van der Waals surface area (Å²) in [6.45, 7) is 5.23. The maximum Gasteiger partial charge on any atom is 0.266 e. The van der Waals surface area contributed by atoms with E-state index in [1.54, 1.807) is 38.1 Å². The van der Waals surface area contributed by atoms with Crippen LogP contribution in [-0.4, -0.2) is 123 Å². The summed E-state index contributed by atoms with van der Waals surface area (Å²) in [5, 5.41) is 22.2. The number of hydrogen-bond donors (Lipinski definition) is 4. The fourth-order valence-electron chi connectivity index (χ4n) is 11.5. The minimum Gasteiger partial charge on any atom is -0.619 e. The number of guanidine groups is 3. The highest BCUT2D eigenvalue weighted by Crippen LogP contribution is 2.52. The second kappa shape index (κ2) is 24.8. The second-order valence-electron chi connectivity index (χ2n) is 21.8. The number of aliphatic hydroxyl groups excluding tert-OH is 1. The summed E-state index contributed by atoms with van der Waals surface area (Å²) in [4.78, 5) is 79.8. The number of aromatic nitrogens is 3. The number of aliphatic hydroxyl groups is 1. The number of carbonyl (C=O) groups is 4. The molecular formula is C64H65Cl2N13O7. The van der Waals surface area contributed by atoms with Crippen LogP contribution in [0.2, 0.25) is 10.2 Å². The van der Waals surface area contributed by atoms with Crippen LogP contribution in [-0.2, 0) is 35.8 Å². The van der Waals surface area contributed by atoms with Gasteiger partial charge in [-0.05, 0) is 114 Å². The zero-order chi connectivity index (χ0) is 61.1. The van der Waals surface area contributed by atoms with E-state index in [4.69, 9.17) is 45.1 Å². The molecule has 7 aromatic rings. The van der Waals surface area contributed by atoms with Crippen molar-refractivity contribution in [2.45, 2.75) is 56.1 Å². The first-order valence-electron chi connectivity index (χ1n) is 28.0. The number of halogens is 2. The van der Waals surface area contributed by atoms with Crippen LogP contribution in [0, 0.1) is 17.0 Å². The van der Waals surface area contributed by atoms with Crippen LogP contribution in [0.5, 0.6) is 5.75 Å². The number of likely N-dealkylation sites (N-methyl/N-ethyl adjacent to an activating group) is 1. The Morgan fingerprint density at radius 1 is 0.686 bits per heavy atom. The Morgan fingerprint density at radius 2 is 1.29 bits per heavy atom. The zero-order valence-electron chi connectivity index (χ0n) is 47.9. The number of nitrogens with two attached hydrogens (primary N) is 3. The Bertz CT molecular complexity index is 3840. The Balaban J connectivity index is 0.000000144. The van der Waals surface area contributed by atoms with Gasteiger partial charge < -0.3 is 37.2 Å². The van der Waals surface area contributed by atoms with E-state index >= 15 is 0 Å². The molecule has 4 aliphatic heterocycles. The molecule has 3 unspecified atom stereocenters. The molecule has 0 radical (unpaired) electrons. The van der Waals surface area contributed by atoms with Gasteiger partial charge in [0.05, 0.1) is 43.9 Å². The summed E-state index contributed by atoms with van der Waals surface area (Å²) in [6.07, 6.45) is 9.44. The molecule has 1 saturated carbocycles. The summed E-state index contributed by atoms with van der Waals surface area (Å²) >= 11 is 12.1. The largest absolute Gasteiger partial charge is 0.619 e. The standard InChI is InChI=1S/C24H29N5O4.C20H16ClN5O.C20H20ClN3O2/c1-16(30)27-9-7-17(8-10-27)13-29-22(31)24(2,26-23(29)25)20-6-4-5-18(11-20)19-12-21(33-3)15-28(32)14-19;1-26-18(27)20(25-19(26)22,14-7-3-2-4-8-14)15-9-5-6-13(10-15)16-11-23-12-17(21)24-16;21-17-6-2-4-14(12-17)13-3-1-5-16(11-13)20(15-7-8-15)18(26)24(9-10-25)19(22)23-20/h4-6,11-12,14-15,17H,7-10,13H2,1-3H3,(H2,25,26);2-12H,1H3,(H2,22,25);1-6,11-12,15,25H,7-10H2,(H2,22,23). The van der Waals surface area contributed by atoms with Gasteiger partial charge >= 0.3 is 0 Å². The van der Waals surface area contributed by atoms with Crippen molar-refractivity contribution in [1.29, 1.82) is 0 Å². The van der Waals surface area contributed by atoms with Crippen molar-refractivity contribution >= 4 is 64.7 Å². The molecule has 5 aliphatic rings. The fourth-order valence-corrected chi connectivity index (χ4v) is 11.9. The van der Waals surface area contributed by atoms with Crippen molar-refractivity contribution < 1.29 is 33.8 Å². The second-order valence-corrected chi connectivity index (χ2v) is 22.6. The monoisotopic (exact) mass is 1200 g/mol. The number of β-amino-alcohol motifs (C(OH)–C–C–N with tert-alkyl or cyclic N) is 1.